The monoisotopic (exact) mass is 373 g/mol. The Hall–Kier alpha value is -0.110. The molecule has 0 saturated heterocycles. The van der Waals surface area contributed by atoms with Crippen molar-refractivity contribution in [3.8, 4) is 0 Å². The molecule has 1 saturated carbocycles. The van der Waals surface area contributed by atoms with Crippen LogP contribution < -0.4 is 11.1 Å². The van der Waals surface area contributed by atoms with Crippen LogP contribution in [0.5, 0.6) is 0 Å². The van der Waals surface area contributed by atoms with Crippen molar-refractivity contribution in [3.05, 3.63) is 0 Å². The van der Waals surface area contributed by atoms with Gasteiger partial charge < -0.3 is 25.4 Å². The van der Waals surface area contributed by atoms with Gasteiger partial charge in [0.15, 0.2) is 0 Å². The number of ether oxygens (including phenoxy) is 2. The average Bonchev–Trinajstić information content (AvgIpc) is 2.44. The van der Waals surface area contributed by atoms with Crippen molar-refractivity contribution in [3.63, 3.8) is 0 Å². The second kappa shape index (κ2) is 10.7. The van der Waals surface area contributed by atoms with Gasteiger partial charge in [0.1, 0.15) is 5.54 Å². The van der Waals surface area contributed by atoms with Crippen molar-refractivity contribution >= 4 is 30.7 Å². The van der Waals surface area contributed by atoms with Crippen molar-refractivity contribution in [1.82, 2.24) is 10.2 Å². The summed E-state index contributed by atoms with van der Waals surface area (Å²) in [6.07, 6.45) is 0.641. The molecule has 0 aliphatic heterocycles. The van der Waals surface area contributed by atoms with Crippen LogP contribution in [0.15, 0.2) is 0 Å². The van der Waals surface area contributed by atoms with Crippen LogP contribution in [0.25, 0.3) is 0 Å². The molecule has 0 radical (unpaired) electrons. The summed E-state index contributed by atoms with van der Waals surface area (Å²) in [5.74, 6) is -0.0800. The fourth-order valence-electron chi connectivity index (χ4n) is 2.70. The lowest BCUT2D eigenvalue weighted by Gasteiger charge is -2.57. The average molecular weight is 374 g/mol. The summed E-state index contributed by atoms with van der Waals surface area (Å²) in [5.41, 5.74) is 5.14. The normalized spacial score (nSPS) is 25.1. The number of likely N-dealkylation sites (N-methyl/N-ethyl adjacent to an activating group) is 1. The molecule has 0 aromatic heterocycles. The van der Waals surface area contributed by atoms with Gasteiger partial charge in [-0.15, -0.1) is 24.8 Å². The molecular weight excluding hydrogens is 341 g/mol. The second-order valence-corrected chi connectivity index (χ2v) is 6.39. The van der Waals surface area contributed by atoms with Crippen molar-refractivity contribution in [2.24, 2.45) is 11.1 Å². The molecule has 0 spiro atoms. The number of hydrogen-bond acceptors (Lipinski definition) is 5. The van der Waals surface area contributed by atoms with Gasteiger partial charge in [0.2, 0.25) is 5.91 Å². The van der Waals surface area contributed by atoms with Gasteiger partial charge in [-0.3, -0.25) is 4.79 Å². The quantitative estimate of drug-likeness (QED) is 0.631. The highest BCUT2D eigenvalue weighted by atomic mass is 35.5. The summed E-state index contributed by atoms with van der Waals surface area (Å²) in [6.45, 7) is 9.51. The first-order valence-corrected chi connectivity index (χ1v) is 7.65. The molecule has 1 amide bonds. The maximum absolute atomic E-state index is 12.4. The van der Waals surface area contributed by atoms with Crippen LogP contribution in [-0.2, 0) is 14.3 Å². The smallest absolute Gasteiger partial charge is 0.240 e. The zero-order chi connectivity index (χ0) is 16.1. The van der Waals surface area contributed by atoms with E-state index in [2.05, 4.69) is 10.2 Å². The number of rotatable bonds is 9. The Morgan fingerprint density at radius 1 is 1.35 bits per heavy atom. The van der Waals surface area contributed by atoms with Crippen LogP contribution in [-0.4, -0.2) is 69.5 Å². The number of nitrogens with one attached hydrogen (secondary N) is 1. The number of carbonyl (C=O) groups excluding carboxylic acids is 1. The molecule has 2 atom stereocenters. The molecule has 2 unspecified atom stereocenters. The highest BCUT2D eigenvalue weighted by Gasteiger charge is 2.62. The van der Waals surface area contributed by atoms with Gasteiger partial charge in [-0.05, 0) is 14.0 Å². The van der Waals surface area contributed by atoms with E-state index in [-0.39, 0.29) is 42.2 Å². The summed E-state index contributed by atoms with van der Waals surface area (Å²) in [5, 5.41) is 2.95. The Kier molecular flexibility index (Phi) is 11.7. The number of nitrogens with two attached hydrogens (primary N) is 1. The number of amides is 1. The molecular formula is C15H33Cl2N3O3. The number of halogens is 2. The first kappa shape index (κ1) is 25.1. The first-order valence-electron chi connectivity index (χ1n) is 7.65. The first-order chi connectivity index (χ1) is 9.79. The van der Waals surface area contributed by atoms with Crippen LogP contribution in [0.4, 0.5) is 0 Å². The van der Waals surface area contributed by atoms with Gasteiger partial charge in [0, 0.05) is 45.2 Å². The van der Waals surface area contributed by atoms with E-state index in [1.807, 2.05) is 27.8 Å². The van der Waals surface area contributed by atoms with Crippen molar-refractivity contribution in [2.75, 3.05) is 47.0 Å². The Balaban J connectivity index is 0. The predicted molar refractivity (Wildman–Crippen MR) is 97.6 cm³/mol. The molecule has 1 rings (SSSR count). The van der Waals surface area contributed by atoms with Gasteiger partial charge in [-0.25, -0.2) is 0 Å². The molecule has 23 heavy (non-hydrogen) atoms. The molecule has 8 heteroatoms. The van der Waals surface area contributed by atoms with Crippen LogP contribution in [0, 0.1) is 5.41 Å². The van der Waals surface area contributed by atoms with Crippen molar-refractivity contribution < 1.29 is 14.3 Å². The minimum atomic E-state index is -0.835. The lowest BCUT2D eigenvalue weighted by atomic mass is 9.54. The van der Waals surface area contributed by atoms with E-state index in [1.165, 1.54) is 0 Å². The Morgan fingerprint density at radius 2 is 1.96 bits per heavy atom. The fraction of sp³-hybridized carbons (Fsp3) is 0.933. The zero-order valence-corrected chi connectivity index (χ0v) is 16.5. The van der Waals surface area contributed by atoms with E-state index in [4.69, 9.17) is 15.2 Å². The molecule has 140 valence electrons. The Labute approximate surface area is 152 Å². The highest BCUT2D eigenvalue weighted by Crippen LogP contribution is 2.49. The molecule has 1 aliphatic rings. The van der Waals surface area contributed by atoms with Gasteiger partial charge in [-0.2, -0.15) is 0 Å². The molecule has 3 N–H and O–H groups in total. The third-order valence-electron chi connectivity index (χ3n) is 4.69. The lowest BCUT2D eigenvalue weighted by molar-refractivity contribution is -0.170. The number of methoxy groups -OCH3 is 1. The molecule has 0 aromatic rings. The van der Waals surface area contributed by atoms with Gasteiger partial charge in [-0.1, -0.05) is 13.8 Å². The van der Waals surface area contributed by atoms with Crippen LogP contribution in [0.3, 0.4) is 0 Å². The molecule has 1 aliphatic carbocycles. The van der Waals surface area contributed by atoms with Crippen LogP contribution in [0.1, 0.15) is 27.2 Å². The fourth-order valence-corrected chi connectivity index (χ4v) is 2.70. The summed E-state index contributed by atoms with van der Waals surface area (Å²) >= 11 is 0. The number of hydrogen-bond donors (Lipinski definition) is 2. The Morgan fingerprint density at radius 3 is 2.43 bits per heavy atom. The van der Waals surface area contributed by atoms with Gasteiger partial charge in [0.05, 0.1) is 12.7 Å². The lowest BCUT2D eigenvalue weighted by Crippen LogP contribution is -2.75. The number of nitrogens with zero attached hydrogens (tertiary/aromatic N) is 1. The third kappa shape index (κ3) is 5.73. The minimum absolute atomic E-state index is 0. The molecule has 0 heterocycles. The van der Waals surface area contributed by atoms with Crippen molar-refractivity contribution in [2.45, 2.75) is 38.8 Å². The molecule has 6 nitrogen and oxygen atoms in total. The molecule has 1 fully saturated rings. The second-order valence-electron chi connectivity index (χ2n) is 6.39. The van der Waals surface area contributed by atoms with Crippen molar-refractivity contribution in [1.29, 1.82) is 0 Å². The maximum atomic E-state index is 12.4. The maximum Gasteiger partial charge on any atom is 0.240 e. The number of carbonyl (C=O) groups is 1. The standard InChI is InChI=1S/C15H31N3O3.2ClH/c1-6-21-12-11-15(16,14(12,2)3)13(19)17-7-8-18(4)9-10-20-5;;/h12H,6-11,16H2,1-5H3,(H,17,19);2*1H. The van der Waals surface area contributed by atoms with Crippen LogP contribution in [0.2, 0.25) is 0 Å². The van der Waals surface area contributed by atoms with E-state index in [0.29, 0.717) is 26.2 Å². The van der Waals surface area contributed by atoms with E-state index >= 15 is 0 Å². The van der Waals surface area contributed by atoms with Gasteiger partial charge >= 0.3 is 0 Å². The summed E-state index contributed by atoms with van der Waals surface area (Å²) < 4.78 is 10.7. The largest absolute Gasteiger partial charge is 0.383 e. The Bertz CT molecular complexity index is 359. The summed E-state index contributed by atoms with van der Waals surface area (Å²) in [7, 11) is 3.68. The third-order valence-corrected chi connectivity index (χ3v) is 4.69. The summed E-state index contributed by atoms with van der Waals surface area (Å²) in [6, 6.07) is 0. The predicted octanol–water partition coefficient (Wildman–Crippen LogP) is 1.06. The SMILES string of the molecule is CCOC1CC(N)(C(=O)NCCN(C)CCOC)C1(C)C.Cl.Cl. The van der Waals surface area contributed by atoms with Gasteiger partial charge in [0.25, 0.3) is 0 Å². The minimum Gasteiger partial charge on any atom is -0.383 e. The van der Waals surface area contributed by atoms with E-state index in [9.17, 15) is 4.79 Å². The van der Waals surface area contributed by atoms with E-state index in [1.54, 1.807) is 7.11 Å². The summed E-state index contributed by atoms with van der Waals surface area (Å²) in [4.78, 5) is 14.5. The highest BCUT2D eigenvalue weighted by molar-refractivity contribution is 5.88. The van der Waals surface area contributed by atoms with E-state index in [0.717, 1.165) is 13.1 Å². The molecule has 0 aromatic carbocycles. The topological polar surface area (TPSA) is 76.8 Å². The molecule has 0 bridgehead atoms. The van der Waals surface area contributed by atoms with E-state index < -0.39 is 5.54 Å². The van der Waals surface area contributed by atoms with Crippen LogP contribution >= 0.6 is 24.8 Å². The zero-order valence-electron chi connectivity index (χ0n) is 14.9.